The van der Waals surface area contributed by atoms with Crippen LogP contribution in [0, 0.1) is 17.3 Å². The van der Waals surface area contributed by atoms with Gasteiger partial charge in [0.05, 0.1) is 6.10 Å². The summed E-state index contributed by atoms with van der Waals surface area (Å²) in [5.41, 5.74) is 6.49. The normalized spacial score (nSPS) is 36.3. The molecule has 0 bridgehead atoms. The molecule has 0 aromatic carbocycles. The van der Waals surface area contributed by atoms with E-state index in [2.05, 4.69) is 11.8 Å². The molecule has 0 radical (unpaired) electrons. The second-order valence-corrected chi connectivity index (χ2v) is 7.24. The first-order chi connectivity index (χ1) is 9.04. The topological polar surface area (TPSA) is 49.5 Å². The number of nitrogens with two attached hydrogens (primary N) is 1. The van der Waals surface area contributed by atoms with Gasteiger partial charge in [0.25, 0.3) is 0 Å². The summed E-state index contributed by atoms with van der Waals surface area (Å²) in [6, 6.07) is 0. The Labute approximate surface area is 118 Å². The monoisotopic (exact) mass is 268 g/mol. The molecule has 1 heterocycles. The number of hydrogen-bond acceptors (Lipinski definition) is 3. The van der Waals surface area contributed by atoms with Crippen LogP contribution in [0.15, 0.2) is 0 Å². The van der Waals surface area contributed by atoms with Gasteiger partial charge in [-0.25, -0.2) is 0 Å². The number of rotatable bonds is 4. The third-order valence-corrected chi connectivity index (χ3v) is 5.64. The van der Waals surface area contributed by atoms with Crippen LogP contribution in [0.2, 0.25) is 0 Å². The van der Waals surface area contributed by atoms with E-state index in [4.69, 9.17) is 5.73 Å². The fourth-order valence-electron chi connectivity index (χ4n) is 3.87. The number of aliphatic hydroxyl groups is 1. The van der Waals surface area contributed by atoms with Gasteiger partial charge in [-0.05, 0) is 69.5 Å². The molecule has 1 aliphatic carbocycles. The Kier molecular flexibility index (Phi) is 5.27. The predicted octanol–water partition coefficient (Wildman–Crippen LogP) is 2.23. The summed E-state index contributed by atoms with van der Waals surface area (Å²) in [6.45, 7) is 8.62. The molecule has 0 spiro atoms. The SMILES string of the molecule is CC1CCC(CN)(CN2CCC(C(C)O)CC2)CC1. The minimum atomic E-state index is -0.138. The largest absolute Gasteiger partial charge is 0.393 e. The molecule has 112 valence electrons. The maximum Gasteiger partial charge on any atom is 0.0541 e. The number of aliphatic hydroxyl groups excluding tert-OH is 1. The molecule has 2 rings (SSSR count). The molecule has 0 aromatic heterocycles. The maximum absolute atomic E-state index is 9.67. The Balaban J connectivity index is 1.83. The summed E-state index contributed by atoms with van der Waals surface area (Å²) in [4.78, 5) is 2.60. The molecular formula is C16H32N2O. The molecule has 1 unspecified atom stereocenters. The van der Waals surface area contributed by atoms with Gasteiger partial charge in [-0.2, -0.15) is 0 Å². The Bertz CT molecular complexity index is 264. The summed E-state index contributed by atoms with van der Waals surface area (Å²) in [5, 5.41) is 9.67. The Morgan fingerprint density at radius 1 is 1.21 bits per heavy atom. The van der Waals surface area contributed by atoms with Crippen molar-refractivity contribution in [2.24, 2.45) is 23.0 Å². The van der Waals surface area contributed by atoms with Gasteiger partial charge >= 0.3 is 0 Å². The van der Waals surface area contributed by atoms with Crippen LogP contribution in [0.3, 0.4) is 0 Å². The summed E-state index contributed by atoms with van der Waals surface area (Å²) in [7, 11) is 0. The highest BCUT2D eigenvalue weighted by molar-refractivity contribution is 4.89. The molecule has 1 saturated heterocycles. The Morgan fingerprint density at radius 2 is 1.79 bits per heavy atom. The van der Waals surface area contributed by atoms with E-state index in [-0.39, 0.29) is 6.10 Å². The average molecular weight is 268 g/mol. The average Bonchev–Trinajstić information content (AvgIpc) is 2.42. The first-order valence-electron chi connectivity index (χ1n) is 8.15. The van der Waals surface area contributed by atoms with Gasteiger partial charge in [0.2, 0.25) is 0 Å². The summed E-state index contributed by atoms with van der Waals surface area (Å²) < 4.78 is 0. The number of piperidine rings is 1. The summed E-state index contributed by atoms with van der Waals surface area (Å²) in [6.07, 6.45) is 7.47. The lowest BCUT2D eigenvalue weighted by atomic mass is 9.70. The van der Waals surface area contributed by atoms with Gasteiger partial charge in [0.1, 0.15) is 0 Å². The van der Waals surface area contributed by atoms with Crippen molar-refractivity contribution in [3.8, 4) is 0 Å². The Hall–Kier alpha value is -0.120. The van der Waals surface area contributed by atoms with Crippen molar-refractivity contribution in [2.45, 2.75) is 58.5 Å². The smallest absolute Gasteiger partial charge is 0.0541 e. The molecule has 3 N–H and O–H groups in total. The van der Waals surface area contributed by atoms with E-state index in [1.54, 1.807) is 0 Å². The molecule has 19 heavy (non-hydrogen) atoms. The van der Waals surface area contributed by atoms with E-state index in [0.717, 1.165) is 38.4 Å². The lowest BCUT2D eigenvalue weighted by molar-refractivity contribution is 0.0396. The van der Waals surface area contributed by atoms with E-state index in [0.29, 0.717) is 11.3 Å². The second kappa shape index (κ2) is 6.55. The minimum absolute atomic E-state index is 0.138. The van der Waals surface area contributed by atoms with E-state index in [1.807, 2.05) is 6.92 Å². The standard InChI is InChI=1S/C16H32N2O/c1-13-3-7-16(11-17,8-4-13)12-18-9-5-15(6-10-18)14(2)19/h13-15,19H,3-12,17H2,1-2H3. The quantitative estimate of drug-likeness (QED) is 0.822. The van der Waals surface area contributed by atoms with Crippen molar-refractivity contribution in [3.63, 3.8) is 0 Å². The molecule has 2 aliphatic rings. The highest BCUT2D eigenvalue weighted by Gasteiger charge is 2.35. The minimum Gasteiger partial charge on any atom is -0.393 e. The Morgan fingerprint density at radius 3 is 2.26 bits per heavy atom. The fraction of sp³-hybridized carbons (Fsp3) is 1.00. The lowest BCUT2D eigenvalue weighted by Gasteiger charge is -2.44. The van der Waals surface area contributed by atoms with Crippen LogP contribution in [0.5, 0.6) is 0 Å². The molecule has 2 fully saturated rings. The van der Waals surface area contributed by atoms with Gasteiger partial charge in [-0.1, -0.05) is 19.8 Å². The van der Waals surface area contributed by atoms with Gasteiger partial charge in [0.15, 0.2) is 0 Å². The molecule has 0 amide bonds. The molecule has 3 heteroatoms. The second-order valence-electron chi connectivity index (χ2n) is 7.24. The molecule has 1 saturated carbocycles. The fourth-order valence-corrected chi connectivity index (χ4v) is 3.87. The van der Waals surface area contributed by atoms with Crippen LogP contribution in [-0.4, -0.2) is 42.3 Å². The van der Waals surface area contributed by atoms with Crippen molar-refractivity contribution in [3.05, 3.63) is 0 Å². The van der Waals surface area contributed by atoms with Crippen LogP contribution >= 0.6 is 0 Å². The van der Waals surface area contributed by atoms with Gasteiger partial charge in [-0.3, -0.25) is 0 Å². The van der Waals surface area contributed by atoms with Crippen LogP contribution in [0.1, 0.15) is 52.4 Å². The van der Waals surface area contributed by atoms with Crippen molar-refractivity contribution >= 4 is 0 Å². The van der Waals surface area contributed by atoms with Crippen molar-refractivity contribution < 1.29 is 5.11 Å². The van der Waals surface area contributed by atoms with E-state index in [1.165, 1.54) is 32.2 Å². The third-order valence-electron chi connectivity index (χ3n) is 5.64. The molecule has 3 nitrogen and oxygen atoms in total. The van der Waals surface area contributed by atoms with E-state index in [9.17, 15) is 5.11 Å². The zero-order valence-corrected chi connectivity index (χ0v) is 12.8. The first kappa shape index (κ1) is 15.3. The van der Waals surface area contributed by atoms with Crippen LogP contribution in [0.4, 0.5) is 0 Å². The highest BCUT2D eigenvalue weighted by Crippen LogP contribution is 2.39. The third kappa shape index (κ3) is 3.93. The number of nitrogens with zero attached hydrogens (tertiary/aromatic N) is 1. The molecule has 1 aliphatic heterocycles. The van der Waals surface area contributed by atoms with E-state index >= 15 is 0 Å². The van der Waals surface area contributed by atoms with Gasteiger partial charge in [-0.15, -0.1) is 0 Å². The number of likely N-dealkylation sites (tertiary alicyclic amines) is 1. The number of hydrogen-bond donors (Lipinski definition) is 2. The zero-order valence-electron chi connectivity index (χ0n) is 12.8. The van der Waals surface area contributed by atoms with Gasteiger partial charge < -0.3 is 15.7 Å². The summed E-state index contributed by atoms with van der Waals surface area (Å²) in [5.74, 6) is 1.40. The first-order valence-corrected chi connectivity index (χ1v) is 8.15. The zero-order chi connectivity index (χ0) is 13.9. The molecule has 1 atom stereocenters. The van der Waals surface area contributed by atoms with Crippen LogP contribution < -0.4 is 5.73 Å². The van der Waals surface area contributed by atoms with Gasteiger partial charge in [0, 0.05) is 6.54 Å². The van der Waals surface area contributed by atoms with Crippen molar-refractivity contribution in [1.29, 1.82) is 0 Å². The summed E-state index contributed by atoms with van der Waals surface area (Å²) >= 11 is 0. The highest BCUT2D eigenvalue weighted by atomic mass is 16.3. The van der Waals surface area contributed by atoms with Crippen molar-refractivity contribution in [1.82, 2.24) is 4.90 Å². The maximum atomic E-state index is 9.67. The van der Waals surface area contributed by atoms with Crippen LogP contribution in [-0.2, 0) is 0 Å². The lowest BCUT2D eigenvalue weighted by Crippen LogP contribution is -2.47. The van der Waals surface area contributed by atoms with E-state index < -0.39 is 0 Å². The molecular weight excluding hydrogens is 236 g/mol. The van der Waals surface area contributed by atoms with Crippen LogP contribution in [0.25, 0.3) is 0 Å². The predicted molar refractivity (Wildman–Crippen MR) is 80.0 cm³/mol. The molecule has 0 aromatic rings. The van der Waals surface area contributed by atoms with Crippen molar-refractivity contribution in [2.75, 3.05) is 26.2 Å².